The first-order valence-electron chi connectivity index (χ1n) is 3.92. The quantitative estimate of drug-likeness (QED) is 0.543. The van der Waals surface area contributed by atoms with Crippen LogP contribution in [0.5, 0.6) is 0 Å². The number of aromatic nitrogens is 1. The summed E-state index contributed by atoms with van der Waals surface area (Å²) in [5, 5.41) is 2.08. The standard InChI is InChI=1S/C10H8INO/c1-3-7-6(2)13-10-8(7)4-5-9(11)12-10/h3-5H,2H2,1H3/b7-3+. The van der Waals surface area contributed by atoms with Gasteiger partial charge in [-0.05, 0) is 41.6 Å². The fourth-order valence-electron chi connectivity index (χ4n) is 1.34. The third-order valence-corrected chi connectivity index (χ3v) is 2.53. The molecule has 2 heterocycles. The zero-order valence-corrected chi connectivity index (χ0v) is 9.33. The Labute approximate surface area is 89.1 Å². The maximum atomic E-state index is 5.41. The summed E-state index contributed by atoms with van der Waals surface area (Å²) in [7, 11) is 0. The molecular formula is C10H8INO. The smallest absolute Gasteiger partial charge is 0.228 e. The predicted molar refractivity (Wildman–Crippen MR) is 61.6 cm³/mol. The highest BCUT2D eigenvalue weighted by atomic mass is 127. The van der Waals surface area contributed by atoms with Crippen molar-refractivity contribution in [3.05, 3.63) is 26.5 Å². The lowest BCUT2D eigenvalue weighted by molar-refractivity contribution is 0.565. The molecule has 0 spiro atoms. The average molecular weight is 285 g/mol. The molecule has 2 nitrogen and oxygen atoms in total. The fraction of sp³-hybridized carbons (Fsp3) is 0.100. The lowest BCUT2D eigenvalue weighted by atomic mass is 10.3. The van der Waals surface area contributed by atoms with E-state index in [0.29, 0.717) is 11.1 Å². The van der Waals surface area contributed by atoms with E-state index in [9.17, 15) is 0 Å². The summed E-state index contributed by atoms with van der Waals surface area (Å²) in [4.78, 5) is 4.27. The maximum Gasteiger partial charge on any atom is 0.228 e. The van der Waals surface area contributed by atoms with E-state index in [1.807, 2.05) is 25.1 Å². The van der Waals surface area contributed by atoms with Gasteiger partial charge >= 0.3 is 0 Å². The van der Waals surface area contributed by atoms with Gasteiger partial charge < -0.3 is 4.42 Å². The van der Waals surface area contributed by atoms with Crippen molar-refractivity contribution in [3.63, 3.8) is 0 Å². The Hall–Kier alpha value is -0.840. The Balaban J connectivity index is 3.04. The van der Waals surface area contributed by atoms with Gasteiger partial charge in [-0.3, -0.25) is 0 Å². The molecule has 0 aromatic carbocycles. The molecule has 0 unspecified atom stereocenters. The number of nitrogens with zero attached hydrogens (tertiary/aromatic N) is 1. The Kier molecular flexibility index (Phi) is 2.11. The van der Waals surface area contributed by atoms with E-state index < -0.39 is 0 Å². The van der Waals surface area contributed by atoms with Crippen LogP contribution >= 0.6 is 22.6 Å². The van der Waals surface area contributed by atoms with E-state index in [-0.39, 0.29) is 0 Å². The van der Waals surface area contributed by atoms with E-state index in [2.05, 4.69) is 34.2 Å². The molecule has 0 saturated carbocycles. The van der Waals surface area contributed by atoms with Crippen molar-refractivity contribution >= 4 is 46.3 Å². The van der Waals surface area contributed by atoms with Crippen LogP contribution in [0.3, 0.4) is 0 Å². The molecule has 13 heavy (non-hydrogen) atoms. The first-order chi connectivity index (χ1) is 6.22. The van der Waals surface area contributed by atoms with Crippen LogP contribution in [-0.4, -0.2) is 4.98 Å². The van der Waals surface area contributed by atoms with Crippen LogP contribution in [0.4, 0.5) is 0 Å². The Bertz CT molecular complexity index is 556. The zero-order chi connectivity index (χ0) is 9.42. The van der Waals surface area contributed by atoms with Gasteiger partial charge in [0.25, 0.3) is 0 Å². The number of halogens is 1. The predicted octanol–water partition coefficient (Wildman–Crippen LogP) is 1.64. The minimum absolute atomic E-state index is 0.671. The summed E-state index contributed by atoms with van der Waals surface area (Å²) in [5.74, 6) is 0. The minimum Gasteiger partial charge on any atom is -0.438 e. The van der Waals surface area contributed by atoms with Gasteiger partial charge in [-0.2, -0.15) is 0 Å². The molecule has 0 aliphatic rings. The largest absolute Gasteiger partial charge is 0.438 e. The van der Waals surface area contributed by atoms with E-state index in [0.717, 1.165) is 14.3 Å². The molecule has 0 amide bonds. The second-order valence-electron chi connectivity index (χ2n) is 2.71. The Morgan fingerprint density at radius 3 is 3.00 bits per heavy atom. The van der Waals surface area contributed by atoms with Crippen LogP contribution in [0, 0.1) is 3.70 Å². The van der Waals surface area contributed by atoms with Crippen molar-refractivity contribution < 1.29 is 4.42 Å². The lowest BCUT2D eigenvalue weighted by Crippen LogP contribution is -2.16. The van der Waals surface area contributed by atoms with E-state index >= 15 is 0 Å². The second-order valence-corrected chi connectivity index (χ2v) is 3.82. The van der Waals surface area contributed by atoms with Crippen molar-refractivity contribution in [1.29, 1.82) is 0 Å². The van der Waals surface area contributed by atoms with Crippen LogP contribution < -0.4 is 10.6 Å². The van der Waals surface area contributed by atoms with E-state index in [1.165, 1.54) is 0 Å². The summed E-state index contributed by atoms with van der Waals surface area (Å²) in [6, 6.07) is 3.97. The van der Waals surface area contributed by atoms with Crippen LogP contribution in [0.25, 0.3) is 23.8 Å². The molecule has 0 aliphatic heterocycles. The molecule has 2 rings (SSSR count). The summed E-state index contributed by atoms with van der Waals surface area (Å²) < 4.78 is 6.34. The van der Waals surface area contributed by atoms with Gasteiger partial charge in [0, 0.05) is 10.6 Å². The molecule has 0 atom stereocenters. The van der Waals surface area contributed by atoms with Gasteiger partial charge in [0.1, 0.15) is 9.12 Å². The third kappa shape index (κ3) is 1.37. The van der Waals surface area contributed by atoms with Crippen molar-refractivity contribution in [3.8, 4) is 0 Å². The minimum atomic E-state index is 0.671. The highest BCUT2D eigenvalue weighted by Crippen LogP contribution is 2.08. The van der Waals surface area contributed by atoms with Gasteiger partial charge in [0.05, 0.1) is 0 Å². The number of hydrogen-bond acceptors (Lipinski definition) is 2. The molecule has 0 N–H and O–H groups in total. The van der Waals surface area contributed by atoms with Crippen molar-refractivity contribution in [2.75, 3.05) is 0 Å². The van der Waals surface area contributed by atoms with Crippen LogP contribution in [0.2, 0.25) is 0 Å². The highest BCUT2D eigenvalue weighted by molar-refractivity contribution is 14.1. The summed E-state index contributed by atoms with van der Waals surface area (Å²) in [6.45, 7) is 5.79. The molecule has 3 heteroatoms. The first-order valence-corrected chi connectivity index (χ1v) is 5.00. The van der Waals surface area contributed by atoms with Gasteiger partial charge in [-0.25, -0.2) is 4.98 Å². The summed E-state index contributed by atoms with van der Waals surface area (Å²) >= 11 is 2.16. The molecule has 0 radical (unpaired) electrons. The number of fused-ring (bicyclic) bond motifs is 1. The molecule has 66 valence electrons. The van der Waals surface area contributed by atoms with Crippen molar-refractivity contribution in [2.24, 2.45) is 0 Å². The fourth-order valence-corrected chi connectivity index (χ4v) is 1.74. The Morgan fingerprint density at radius 1 is 1.54 bits per heavy atom. The van der Waals surface area contributed by atoms with Crippen LogP contribution in [0.15, 0.2) is 16.5 Å². The van der Waals surface area contributed by atoms with E-state index in [1.54, 1.807) is 0 Å². The van der Waals surface area contributed by atoms with Crippen LogP contribution in [0.1, 0.15) is 6.92 Å². The third-order valence-electron chi connectivity index (χ3n) is 1.93. The monoisotopic (exact) mass is 285 g/mol. The molecule has 2 aromatic heterocycles. The maximum absolute atomic E-state index is 5.41. The molecule has 0 fully saturated rings. The molecule has 2 aromatic rings. The number of furan rings is 1. The number of rotatable bonds is 0. The summed E-state index contributed by atoms with van der Waals surface area (Å²) in [6.07, 6.45) is 1.99. The van der Waals surface area contributed by atoms with Gasteiger partial charge in [-0.15, -0.1) is 0 Å². The van der Waals surface area contributed by atoms with Crippen LogP contribution in [-0.2, 0) is 0 Å². The number of hydrogen-bond donors (Lipinski definition) is 0. The molecule has 0 bridgehead atoms. The average Bonchev–Trinajstić information content (AvgIpc) is 2.39. The SMILES string of the molecule is C=c1oc2nc(I)ccc2/c1=C/C. The zero-order valence-electron chi connectivity index (χ0n) is 7.17. The second kappa shape index (κ2) is 3.14. The molecule has 0 aliphatic carbocycles. The first kappa shape index (κ1) is 8.74. The Morgan fingerprint density at radius 2 is 2.31 bits per heavy atom. The van der Waals surface area contributed by atoms with Gasteiger partial charge in [0.15, 0.2) is 0 Å². The van der Waals surface area contributed by atoms with E-state index in [4.69, 9.17) is 4.42 Å². The highest BCUT2D eigenvalue weighted by Gasteiger charge is 2.02. The van der Waals surface area contributed by atoms with Gasteiger partial charge in [-0.1, -0.05) is 12.7 Å². The molecule has 0 saturated heterocycles. The normalized spacial score (nSPS) is 12.6. The van der Waals surface area contributed by atoms with Gasteiger partial charge in [0.2, 0.25) is 5.71 Å². The summed E-state index contributed by atoms with van der Waals surface area (Å²) in [5.41, 5.74) is 1.36. The number of pyridine rings is 1. The van der Waals surface area contributed by atoms with Crippen molar-refractivity contribution in [1.82, 2.24) is 4.98 Å². The molecular weight excluding hydrogens is 277 g/mol. The lowest BCUT2D eigenvalue weighted by Gasteiger charge is -1.87. The van der Waals surface area contributed by atoms with Crippen molar-refractivity contribution in [2.45, 2.75) is 6.92 Å². The topological polar surface area (TPSA) is 26.0 Å².